The number of halogens is 1. The molecule has 0 aromatic heterocycles. The lowest BCUT2D eigenvalue weighted by molar-refractivity contribution is 0.365. The number of nitrogens with one attached hydrogen (secondary N) is 1. The molecule has 0 bridgehead atoms. The second-order valence-corrected chi connectivity index (χ2v) is 5.12. The van der Waals surface area contributed by atoms with Crippen LogP contribution in [-0.4, -0.2) is 11.7 Å². The molecule has 0 heterocycles. The summed E-state index contributed by atoms with van der Waals surface area (Å²) in [5, 5.41) is 12.9. The van der Waals surface area contributed by atoms with Crippen LogP contribution in [0.3, 0.4) is 0 Å². The zero-order valence-corrected chi connectivity index (χ0v) is 11.1. The molecule has 1 aromatic rings. The van der Waals surface area contributed by atoms with Crippen LogP contribution in [0.5, 0.6) is 5.75 Å². The minimum atomic E-state index is 0. The van der Waals surface area contributed by atoms with E-state index in [4.69, 9.17) is 0 Å². The van der Waals surface area contributed by atoms with E-state index in [9.17, 15) is 5.11 Å². The van der Waals surface area contributed by atoms with Gasteiger partial charge in [0.2, 0.25) is 0 Å². The summed E-state index contributed by atoms with van der Waals surface area (Å²) in [6.07, 6.45) is 1.14. The first-order valence-corrected chi connectivity index (χ1v) is 5.47. The molecule has 3 heteroatoms. The Morgan fingerprint density at radius 3 is 2.38 bits per heavy atom. The third kappa shape index (κ3) is 5.99. The Balaban J connectivity index is 0.00000225. The normalized spacial score (nSPS) is 10.9. The molecule has 0 fully saturated rings. The van der Waals surface area contributed by atoms with E-state index in [2.05, 4.69) is 26.1 Å². The van der Waals surface area contributed by atoms with E-state index in [0.717, 1.165) is 25.1 Å². The Kier molecular flexibility index (Phi) is 6.46. The van der Waals surface area contributed by atoms with Gasteiger partial charge in [0, 0.05) is 12.1 Å². The van der Waals surface area contributed by atoms with Gasteiger partial charge in [-0.15, -0.1) is 12.4 Å². The van der Waals surface area contributed by atoms with Gasteiger partial charge in [-0.05, 0) is 24.4 Å². The molecule has 16 heavy (non-hydrogen) atoms. The second-order valence-electron chi connectivity index (χ2n) is 5.12. The fourth-order valence-electron chi connectivity index (χ4n) is 1.35. The lowest BCUT2D eigenvalue weighted by Gasteiger charge is -2.18. The Morgan fingerprint density at radius 2 is 1.81 bits per heavy atom. The number of hydrogen-bond acceptors (Lipinski definition) is 2. The molecule has 0 aliphatic rings. The van der Waals surface area contributed by atoms with Gasteiger partial charge >= 0.3 is 0 Å². The molecular weight excluding hydrogens is 222 g/mol. The van der Waals surface area contributed by atoms with Crippen molar-refractivity contribution in [2.24, 2.45) is 5.41 Å². The van der Waals surface area contributed by atoms with Crippen LogP contribution in [0.25, 0.3) is 0 Å². The summed E-state index contributed by atoms with van der Waals surface area (Å²) in [5.74, 6) is 0.376. The summed E-state index contributed by atoms with van der Waals surface area (Å²) in [7, 11) is 0. The highest BCUT2D eigenvalue weighted by Gasteiger charge is 2.08. The third-order valence-electron chi connectivity index (χ3n) is 2.36. The maximum Gasteiger partial charge on any atom is 0.120 e. The van der Waals surface area contributed by atoms with Gasteiger partial charge in [0.1, 0.15) is 5.75 Å². The molecule has 2 nitrogen and oxygen atoms in total. The van der Waals surface area contributed by atoms with Crippen LogP contribution < -0.4 is 5.32 Å². The molecule has 0 saturated heterocycles. The summed E-state index contributed by atoms with van der Waals surface area (Å²) in [5.41, 5.74) is 1.33. The predicted octanol–water partition coefficient (Wildman–Crippen LogP) is 3.34. The summed E-state index contributed by atoms with van der Waals surface area (Å²) in [4.78, 5) is 0. The molecule has 0 amide bonds. The van der Waals surface area contributed by atoms with E-state index in [1.54, 1.807) is 6.07 Å². The first kappa shape index (κ1) is 15.3. The summed E-state index contributed by atoms with van der Waals surface area (Å²) in [6.45, 7) is 8.42. The predicted molar refractivity (Wildman–Crippen MR) is 71.1 cm³/mol. The van der Waals surface area contributed by atoms with Crippen LogP contribution in [0.4, 0.5) is 0 Å². The van der Waals surface area contributed by atoms with Crippen molar-refractivity contribution >= 4 is 12.4 Å². The highest BCUT2D eigenvalue weighted by atomic mass is 35.5. The molecule has 1 aromatic carbocycles. The molecule has 1 rings (SSSR count). The van der Waals surface area contributed by atoms with Crippen LogP contribution in [0.2, 0.25) is 0 Å². The molecule has 2 N–H and O–H groups in total. The van der Waals surface area contributed by atoms with E-state index in [1.165, 1.54) is 0 Å². The van der Waals surface area contributed by atoms with Gasteiger partial charge in [-0.1, -0.05) is 39.0 Å². The van der Waals surface area contributed by atoms with Crippen molar-refractivity contribution in [2.45, 2.75) is 33.7 Å². The molecular formula is C13H22ClNO. The van der Waals surface area contributed by atoms with Gasteiger partial charge in [0.25, 0.3) is 0 Å². The Morgan fingerprint density at radius 1 is 1.19 bits per heavy atom. The lowest BCUT2D eigenvalue weighted by Crippen LogP contribution is -2.20. The Bertz CT molecular complexity index is 307. The smallest absolute Gasteiger partial charge is 0.120 e. The van der Waals surface area contributed by atoms with Crippen LogP contribution in [0, 0.1) is 5.41 Å². The number of rotatable bonds is 4. The van der Waals surface area contributed by atoms with Crippen LogP contribution in [-0.2, 0) is 6.54 Å². The van der Waals surface area contributed by atoms with Gasteiger partial charge in [-0.2, -0.15) is 0 Å². The maximum atomic E-state index is 9.53. The molecule has 0 saturated carbocycles. The zero-order valence-electron chi connectivity index (χ0n) is 10.3. The second kappa shape index (κ2) is 6.77. The number of para-hydroxylation sites is 1. The molecule has 0 radical (unpaired) electrons. The molecule has 0 spiro atoms. The third-order valence-corrected chi connectivity index (χ3v) is 2.36. The van der Waals surface area contributed by atoms with E-state index in [-0.39, 0.29) is 12.4 Å². The highest BCUT2D eigenvalue weighted by Crippen LogP contribution is 2.18. The van der Waals surface area contributed by atoms with Crippen LogP contribution in [0.15, 0.2) is 24.3 Å². The van der Waals surface area contributed by atoms with Gasteiger partial charge < -0.3 is 10.4 Å². The van der Waals surface area contributed by atoms with Crippen molar-refractivity contribution in [3.63, 3.8) is 0 Å². The quantitative estimate of drug-likeness (QED) is 0.795. The van der Waals surface area contributed by atoms with Gasteiger partial charge in [0.15, 0.2) is 0 Å². The van der Waals surface area contributed by atoms with Crippen LogP contribution in [0.1, 0.15) is 32.8 Å². The maximum absolute atomic E-state index is 9.53. The fraction of sp³-hybridized carbons (Fsp3) is 0.538. The molecule has 0 aliphatic heterocycles. The van der Waals surface area contributed by atoms with Crippen LogP contribution >= 0.6 is 12.4 Å². The standard InChI is InChI=1S/C13H21NO.ClH/c1-13(2,3)8-9-14-10-11-6-4-5-7-12(11)15;/h4-7,14-15H,8-10H2,1-3H3;1H. The number of benzene rings is 1. The van der Waals surface area contributed by atoms with E-state index in [0.29, 0.717) is 11.2 Å². The Labute approximate surface area is 104 Å². The summed E-state index contributed by atoms with van der Waals surface area (Å²) in [6, 6.07) is 7.45. The largest absolute Gasteiger partial charge is 0.508 e. The molecule has 92 valence electrons. The van der Waals surface area contributed by atoms with Crippen molar-refractivity contribution in [2.75, 3.05) is 6.54 Å². The number of phenolic OH excluding ortho intramolecular Hbond substituents is 1. The number of hydrogen-bond donors (Lipinski definition) is 2. The van der Waals surface area contributed by atoms with Gasteiger partial charge in [-0.25, -0.2) is 0 Å². The number of phenols is 1. The minimum absolute atomic E-state index is 0. The lowest BCUT2D eigenvalue weighted by atomic mass is 9.92. The zero-order chi connectivity index (χ0) is 11.3. The van der Waals surface area contributed by atoms with Gasteiger partial charge in [-0.3, -0.25) is 0 Å². The average Bonchev–Trinajstić information content (AvgIpc) is 2.13. The van der Waals surface area contributed by atoms with Crippen molar-refractivity contribution in [1.82, 2.24) is 5.32 Å². The van der Waals surface area contributed by atoms with E-state index < -0.39 is 0 Å². The van der Waals surface area contributed by atoms with Crippen molar-refractivity contribution in [1.29, 1.82) is 0 Å². The fourth-order valence-corrected chi connectivity index (χ4v) is 1.35. The first-order valence-electron chi connectivity index (χ1n) is 5.47. The van der Waals surface area contributed by atoms with Gasteiger partial charge in [0.05, 0.1) is 0 Å². The Hall–Kier alpha value is -0.730. The van der Waals surface area contributed by atoms with E-state index >= 15 is 0 Å². The highest BCUT2D eigenvalue weighted by molar-refractivity contribution is 5.85. The summed E-state index contributed by atoms with van der Waals surface area (Å²) >= 11 is 0. The summed E-state index contributed by atoms with van der Waals surface area (Å²) < 4.78 is 0. The molecule has 0 aliphatic carbocycles. The SMILES string of the molecule is CC(C)(C)CCNCc1ccccc1O.Cl. The minimum Gasteiger partial charge on any atom is -0.508 e. The topological polar surface area (TPSA) is 32.3 Å². The van der Waals surface area contributed by atoms with Crippen molar-refractivity contribution < 1.29 is 5.11 Å². The first-order chi connectivity index (χ1) is 6.99. The monoisotopic (exact) mass is 243 g/mol. The van der Waals surface area contributed by atoms with Crippen molar-refractivity contribution in [3.05, 3.63) is 29.8 Å². The average molecular weight is 244 g/mol. The molecule has 0 unspecified atom stereocenters. The van der Waals surface area contributed by atoms with Crippen molar-refractivity contribution in [3.8, 4) is 5.75 Å². The number of aromatic hydroxyl groups is 1. The van der Waals surface area contributed by atoms with E-state index in [1.807, 2.05) is 18.2 Å². The molecule has 0 atom stereocenters.